The van der Waals surface area contributed by atoms with Gasteiger partial charge in [-0.3, -0.25) is 4.79 Å². The van der Waals surface area contributed by atoms with E-state index in [1.807, 2.05) is 0 Å². The molecule has 0 saturated heterocycles. The maximum Gasteiger partial charge on any atom is 0.139 e. The Bertz CT molecular complexity index is 668. The highest BCUT2D eigenvalue weighted by molar-refractivity contribution is 5.86. The lowest BCUT2D eigenvalue weighted by Crippen LogP contribution is -2.60. The van der Waals surface area contributed by atoms with Gasteiger partial charge >= 0.3 is 0 Å². The van der Waals surface area contributed by atoms with Gasteiger partial charge in [-0.25, -0.2) is 0 Å². The number of hydrogen-bond donors (Lipinski definition) is 1. The summed E-state index contributed by atoms with van der Waals surface area (Å²) < 4.78 is 0. The van der Waals surface area contributed by atoms with Crippen LogP contribution in [0.15, 0.2) is 0 Å². The third kappa shape index (κ3) is 2.73. The molecule has 4 rings (SSSR count). The molecular formula is C25H39NO2. The van der Waals surface area contributed by atoms with Crippen LogP contribution in [0.1, 0.15) is 85.5 Å². The second-order valence-electron chi connectivity index (χ2n) is 11.3. The molecule has 0 spiro atoms. The molecule has 5 unspecified atom stereocenters. The summed E-state index contributed by atoms with van der Waals surface area (Å²) in [5, 5.41) is 19.6. The number of carbonyl (C=O) groups excluding carboxylic acids is 1. The maximum absolute atomic E-state index is 13.8. The van der Waals surface area contributed by atoms with Crippen LogP contribution in [0.25, 0.3) is 0 Å². The monoisotopic (exact) mass is 385 g/mol. The molecule has 3 nitrogen and oxygen atoms in total. The number of rotatable bonds is 3. The third-order valence-corrected chi connectivity index (χ3v) is 10.3. The van der Waals surface area contributed by atoms with E-state index in [1.54, 1.807) is 0 Å². The fraction of sp³-hybridized carbons (Fsp3) is 0.920. The fourth-order valence-electron chi connectivity index (χ4n) is 8.90. The highest BCUT2D eigenvalue weighted by Crippen LogP contribution is 2.68. The Morgan fingerprint density at radius 2 is 1.79 bits per heavy atom. The quantitative estimate of drug-likeness (QED) is 0.710. The second kappa shape index (κ2) is 7.12. The van der Waals surface area contributed by atoms with Crippen molar-refractivity contribution >= 4 is 5.78 Å². The van der Waals surface area contributed by atoms with E-state index in [1.165, 1.54) is 25.7 Å². The van der Waals surface area contributed by atoms with Crippen LogP contribution < -0.4 is 0 Å². The van der Waals surface area contributed by atoms with Gasteiger partial charge < -0.3 is 5.11 Å². The van der Waals surface area contributed by atoms with Crippen LogP contribution in [-0.4, -0.2) is 17.0 Å². The van der Waals surface area contributed by atoms with Gasteiger partial charge in [0.2, 0.25) is 0 Å². The molecule has 0 radical (unpaired) electrons. The summed E-state index contributed by atoms with van der Waals surface area (Å²) in [5.41, 5.74) is 0.443. The van der Waals surface area contributed by atoms with Crippen LogP contribution in [0.4, 0.5) is 0 Å². The third-order valence-electron chi connectivity index (χ3n) is 10.3. The van der Waals surface area contributed by atoms with Crippen LogP contribution >= 0.6 is 0 Å². The average molecular weight is 386 g/mol. The van der Waals surface area contributed by atoms with Gasteiger partial charge in [0.1, 0.15) is 5.78 Å². The van der Waals surface area contributed by atoms with E-state index in [4.69, 9.17) is 0 Å². The molecule has 4 fully saturated rings. The molecule has 1 N–H and O–H groups in total. The Morgan fingerprint density at radius 1 is 1.11 bits per heavy atom. The summed E-state index contributed by atoms with van der Waals surface area (Å²) >= 11 is 0. The largest absolute Gasteiger partial charge is 0.393 e. The number of aliphatic hydroxyl groups is 1. The SMILES string of the molecule is CCC1C(=O)C2C3CCC([C@H](C)CC#N)[C@@]3(C)CCC2[C@@]2(C)CC[C@@H](O)C[C@@H]12. The predicted molar refractivity (Wildman–Crippen MR) is 110 cm³/mol. The molecule has 0 bridgehead atoms. The summed E-state index contributed by atoms with van der Waals surface area (Å²) in [6, 6.07) is 2.40. The summed E-state index contributed by atoms with van der Waals surface area (Å²) in [4.78, 5) is 13.8. The lowest BCUT2D eigenvalue weighted by Gasteiger charge is -2.62. The van der Waals surface area contributed by atoms with Gasteiger partial charge in [-0.1, -0.05) is 27.7 Å². The summed E-state index contributed by atoms with van der Waals surface area (Å²) in [6.45, 7) is 9.35. The van der Waals surface area contributed by atoms with Crippen LogP contribution in [0.2, 0.25) is 0 Å². The van der Waals surface area contributed by atoms with Gasteiger partial charge in [0, 0.05) is 18.3 Å². The van der Waals surface area contributed by atoms with Gasteiger partial charge in [0.15, 0.2) is 0 Å². The molecule has 28 heavy (non-hydrogen) atoms. The van der Waals surface area contributed by atoms with Crippen molar-refractivity contribution in [3.8, 4) is 6.07 Å². The molecule has 0 amide bonds. The van der Waals surface area contributed by atoms with Gasteiger partial charge in [-0.05, 0) is 91.8 Å². The Hall–Kier alpha value is -0.880. The molecule has 156 valence electrons. The van der Waals surface area contributed by atoms with Crippen LogP contribution in [0.5, 0.6) is 0 Å². The molecule has 0 aliphatic heterocycles. The van der Waals surface area contributed by atoms with E-state index >= 15 is 0 Å². The minimum atomic E-state index is -0.215. The van der Waals surface area contributed by atoms with E-state index < -0.39 is 0 Å². The Morgan fingerprint density at radius 3 is 2.46 bits per heavy atom. The first-order valence-electron chi connectivity index (χ1n) is 11.9. The molecule has 0 aromatic rings. The highest BCUT2D eigenvalue weighted by Gasteiger charge is 2.64. The molecule has 0 aromatic heterocycles. The number of carbonyl (C=O) groups is 1. The van der Waals surface area contributed by atoms with Crippen molar-refractivity contribution in [2.75, 3.05) is 0 Å². The molecule has 0 heterocycles. The Labute approximate surface area is 171 Å². The van der Waals surface area contributed by atoms with E-state index in [0.29, 0.717) is 41.8 Å². The average Bonchev–Trinajstić information content (AvgIpc) is 3.01. The van der Waals surface area contributed by atoms with E-state index in [9.17, 15) is 15.2 Å². The van der Waals surface area contributed by atoms with Crippen molar-refractivity contribution in [1.82, 2.24) is 0 Å². The number of Topliss-reactive ketones (excluding diaryl/α,β-unsaturated/α-hetero) is 1. The molecule has 3 heteroatoms. The number of nitrogens with zero attached hydrogens (tertiary/aromatic N) is 1. The van der Waals surface area contributed by atoms with Crippen molar-refractivity contribution in [2.45, 2.75) is 91.6 Å². The first-order valence-corrected chi connectivity index (χ1v) is 11.9. The van der Waals surface area contributed by atoms with E-state index in [0.717, 1.165) is 25.7 Å². The summed E-state index contributed by atoms with van der Waals surface area (Å²) in [6.07, 6.45) is 8.91. The molecule has 10 atom stereocenters. The molecule has 4 aliphatic carbocycles. The van der Waals surface area contributed by atoms with Gasteiger partial charge in [-0.2, -0.15) is 5.26 Å². The topological polar surface area (TPSA) is 61.1 Å². The number of ketones is 1. The van der Waals surface area contributed by atoms with Crippen LogP contribution in [-0.2, 0) is 4.79 Å². The predicted octanol–water partition coefficient (Wildman–Crippen LogP) is 5.37. The van der Waals surface area contributed by atoms with Crippen molar-refractivity contribution in [3.63, 3.8) is 0 Å². The van der Waals surface area contributed by atoms with Crippen LogP contribution in [0, 0.1) is 63.6 Å². The minimum absolute atomic E-state index is 0.138. The smallest absolute Gasteiger partial charge is 0.139 e. The summed E-state index contributed by atoms with van der Waals surface area (Å²) in [5.74, 6) is 3.29. The minimum Gasteiger partial charge on any atom is -0.393 e. The molecule has 4 aliphatic rings. The molecule has 4 saturated carbocycles. The zero-order valence-corrected chi connectivity index (χ0v) is 18.3. The first kappa shape index (κ1) is 20.4. The van der Waals surface area contributed by atoms with Crippen molar-refractivity contribution in [3.05, 3.63) is 0 Å². The lowest BCUT2D eigenvalue weighted by atomic mass is 9.42. The normalized spacial score (nSPS) is 51.6. The Balaban J connectivity index is 1.69. The van der Waals surface area contributed by atoms with Crippen LogP contribution in [0.3, 0.4) is 0 Å². The van der Waals surface area contributed by atoms with Crippen molar-refractivity contribution in [1.29, 1.82) is 5.26 Å². The first-order chi connectivity index (χ1) is 13.3. The van der Waals surface area contributed by atoms with Gasteiger partial charge in [0.05, 0.1) is 12.2 Å². The number of hydrogen-bond acceptors (Lipinski definition) is 3. The molecule has 0 aromatic carbocycles. The number of fused-ring (bicyclic) bond motifs is 5. The Kier molecular flexibility index (Phi) is 5.18. The van der Waals surface area contributed by atoms with Gasteiger partial charge in [0.25, 0.3) is 0 Å². The number of aliphatic hydroxyl groups excluding tert-OH is 1. The lowest BCUT2D eigenvalue weighted by molar-refractivity contribution is -0.173. The van der Waals surface area contributed by atoms with Crippen molar-refractivity contribution in [2.24, 2.45) is 52.3 Å². The van der Waals surface area contributed by atoms with E-state index in [-0.39, 0.29) is 28.8 Å². The number of nitriles is 1. The van der Waals surface area contributed by atoms with Crippen molar-refractivity contribution < 1.29 is 9.90 Å². The molecular weight excluding hydrogens is 346 g/mol. The summed E-state index contributed by atoms with van der Waals surface area (Å²) in [7, 11) is 0. The second-order valence-corrected chi connectivity index (χ2v) is 11.3. The van der Waals surface area contributed by atoms with Gasteiger partial charge in [-0.15, -0.1) is 0 Å². The maximum atomic E-state index is 13.8. The van der Waals surface area contributed by atoms with E-state index in [2.05, 4.69) is 33.8 Å². The zero-order valence-electron chi connectivity index (χ0n) is 18.3. The zero-order chi connectivity index (χ0) is 20.3. The standard InChI is InChI=1S/C25H39NO2/c1-5-17-21-14-16(27)8-11-25(21,4)20-9-12-24(3)18(15(2)10-13-26)6-7-19(24)22(20)23(17)28/h15-22,27H,5-12,14H2,1-4H3/t15-,16-,17?,18?,19?,20?,21+,22?,24-,25-/m1/s1. The highest BCUT2D eigenvalue weighted by atomic mass is 16.3. The fourth-order valence-corrected chi connectivity index (χ4v) is 8.90.